The first kappa shape index (κ1) is 11.6. The van der Waals surface area contributed by atoms with Gasteiger partial charge in [0.15, 0.2) is 0 Å². The Morgan fingerprint density at radius 1 is 1.57 bits per heavy atom. The number of nitrogens with one attached hydrogen (secondary N) is 1. The molecule has 0 aromatic carbocycles. The number of thiophene rings is 1. The van der Waals surface area contributed by atoms with E-state index in [4.69, 9.17) is 5.84 Å². The zero-order valence-electron chi connectivity index (χ0n) is 8.15. The molecule has 0 spiro atoms. The lowest BCUT2D eigenvalue weighted by molar-refractivity contribution is 0.568. The maximum atomic E-state index is 11.1. The van der Waals surface area contributed by atoms with Crippen molar-refractivity contribution in [1.82, 2.24) is 5.43 Å². The topological polar surface area (TPSA) is 72.2 Å². The minimum atomic E-state index is -3.01. The Morgan fingerprint density at radius 3 is 2.57 bits per heavy atom. The zero-order chi connectivity index (χ0) is 10.8. The van der Waals surface area contributed by atoms with E-state index in [1.165, 1.54) is 6.26 Å². The maximum absolute atomic E-state index is 11.1. The Morgan fingerprint density at radius 2 is 2.21 bits per heavy atom. The molecule has 4 nitrogen and oxygen atoms in total. The number of hydrogen-bond donors (Lipinski definition) is 2. The number of hydrogen-bond acceptors (Lipinski definition) is 5. The number of hydrazine groups is 1. The monoisotopic (exact) mass is 234 g/mol. The van der Waals surface area contributed by atoms with Crippen molar-refractivity contribution in [3.8, 4) is 0 Å². The maximum Gasteiger partial charge on any atom is 0.149 e. The van der Waals surface area contributed by atoms with Crippen molar-refractivity contribution in [2.45, 2.75) is 13.0 Å². The van der Waals surface area contributed by atoms with Crippen LogP contribution < -0.4 is 11.3 Å². The molecule has 0 radical (unpaired) electrons. The van der Waals surface area contributed by atoms with E-state index in [-0.39, 0.29) is 11.8 Å². The molecule has 1 unspecified atom stereocenters. The van der Waals surface area contributed by atoms with Crippen LogP contribution in [0.3, 0.4) is 0 Å². The molecule has 6 heteroatoms. The molecule has 1 aromatic rings. The summed E-state index contributed by atoms with van der Waals surface area (Å²) >= 11 is 1.55. The summed E-state index contributed by atoms with van der Waals surface area (Å²) in [6, 6.07) is 3.55. The van der Waals surface area contributed by atoms with Gasteiger partial charge in [-0.3, -0.25) is 11.3 Å². The first-order valence-electron chi connectivity index (χ1n) is 4.12. The first-order valence-corrected chi connectivity index (χ1v) is 7.00. The standard InChI is InChI=1S/C8H14N2O2S2/c1-6-3-4-8(13-6)7(10-9)5-14(2,11)12/h3-4,7,10H,5,9H2,1-2H3. The lowest BCUT2D eigenvalue weighted by Gasteiger charge is -2.12. The lowest BCUT2D eigenvalue weighted by atomic mass is 10.3. The van der Waals surface area contributed by atoms with E-state index < -0.39 is 9.84 Å². The normalized spacial score (nSPS) is 14.2. The van der Waals surface area contributed by atoms with Crippen molar-refractivity contribution >= 4 is 21.2 Å². The summed E-state index contributed by atoms with van der Waals surface area (Å²) in [7, 11) is -3.01. The molecule has 14 heavy (non-hydrogen) atoms. The SMILES string of the molecule is Cc1ccc(C(CS(C)(=O)=O)NN)s1. The largest absolute Gasteiger partial charge is 0.271 e. The Hall–Kier alpha value is -0.430. The number of nitrogens with two attached hydrogens (primary N) is 1. The first-order chi connectivity index (χ1) is 6.42. The van der Waals surface area contributed by atoms with Crippen LogP contribution in [0.15, 0.2) is 12.1 Å². The van der Waals surface area contributed by atoms with Crippen molar-refractivity contribution < 1.29 is 8.42 Å². The second kappa shape index (κ2) is 4.39. The van der Waals surface area contributed by atoms with Crippen LogP contribution in [-0.2, 0) is 9.84 Å². The van der Waals surface area contributed by atoms with Gasteiger partial charge in [0, 0.05) is 16.0 Å². The van der Waals surface area contributed by atoms with Gasteiger partial charge in [0.2, 0.25) is 0 Å². The highest BCUT2D eigenvalue weighted by Gasteiger charge is 2.17. The summed E-state index contributed by atoms with van der Waals surface area (Å²) in [5.74, 6) is 5.34. The number of rotatable bonds is 4. The van der Waals surface area contributed by atoms with E-state index in [0.717, 1.165) is 9.75 Å². The predicted molar refractivity (Wildman–Crippen MR) is 58.8 cm³/mol. The smallest absolute Gasteiger partial charge is 0.149 e. The summed E-state index contributed by atoms with van der Waals surface area (Å²) in [4.78, 5) is 2.10. The average molecular weight is 234 g/mol. The summed E-state index contributed by atoms with van der Waals surface area (Å²) in [5.41, 5.74) is 2.52. The molecule has 0 bridgehead atoms. The fraction of sp³-hybridized carbons (Fsp3) is 0.500. The lowest BCUT2D eigenvalue weighted by Crippen LogP contribution is -2.32. The molecule has 0 aliphatic carbocycles. The molecule has 0 fully saturated rings. The fourth-order valence-electron chi connectivity index (χ4n) is 1.16. The highest BCUT2D eigenvalue weighted by Crippen LogP contribution is 2.23. The van der Waals surface area contributed by atoms with Crippen LogP contribution >= 0.6 is 11.3 Å². The number of aryl methyl sites for hydroxylation is 1. The zero-order valence-corrected chi connectivity index (χ0v) is 9.78. The molecule has 1 aromatic heterocycles. The molecular weight excluding hydrogens is 220 g/mol. The summed E-state index contributed by atoms with van der Waals surface area (Å²) in [6.45, 7) is 1.97. The Balaban J connectivity index is 2.83. The van der Waals surface area contributed by atoms with Gasteiger partial charge in [-0.1, -0.05) is 0 Å². The summed E-state index contributed by atoms with van der Waals surface area (Å²) < 4.78 is 22.2. The fourth-order valence-corrected chi connectivity index (χ4v) is 3.08. The summed E-state index contributed by atoms with van der Waals surface area (Å²) in [6.07, 6.45) is 1.21. The van der Waals surface area contributed by atoms with Gasteiger partial charge in [-0.25, -0.2) is 8.42 Å². The van der Waals surface area contributed by atoms with Crippen molar-refractivity contribution in [3.05, 3.63) is 21.9 Å². The van der Waals surface area contributed by atoms with Crippen LogP contribution in [0.5, 0.6) is 0 Å². The van der Waals surface area contributed by atoms with Gasteiger partial charge in [-0.2, -0.15) is 0 Å². The van der Waals surface area contributed by atoms with Gasteiger partial charge in [-0.15, -0.1) is 11.3 Å². The van der Waals surface area contributed by atoms with E-state index in [2.05, 4.69) is 5.43 Å². The van der Waals surface area contributed by atoms with Gasteiger partial charge >= 0.3 is 0 Å². The van der Waals surface area contributed by atoms with E-state index >= 15 is 0 Å². The molecule has 1 heterocycles. The van der Waals surface area contributed by atoms with Gasteiger partial charge in [0.05, 0.1) is 11.8 Å². The quantitative estimate of drug-likeness (QED) is 0.591. The second-order valence-electron chi connectivity index (χ2n) is 3.26. The summed E-state index contributed by atoms with van der Waals surface area (Å²) in [5, 5.41) is 0. The predicted octanol–water partition coefficient (Wildman–Crippen LogP) is 0.606. The Kier molecular flexibility index (Phi) is 3.65. The Bertz CT molecular complexity index is 397. The third-order valence-electron chi connectivity index (χ3n) is 1.78. The van der Waals surface area contributed by atoms with Crippen LogP contribution in [-0.4, -0.2) is 20.4 Å². The van der Waals surface area contributed by atoms with Crippen LogP contribution in [0.2, 0.25) is 0 Å². The highest BCUT2D eigenvalue weighted by molar-refractivity contribution is 7.90. The van der Waals surface area contributed by atoms with E-state index in [9.17, 15) is 8.42 Å². The van der Waals surface area contributed by atoms with Gasteiger partial charge in [-0.05, 0) is 19.1 Å². The van der Waals surface area contributed by atoms with Crippen LogP contribution in [0.25, 0.3) is 0 Å². The van der Waals surface area contributed by atoms with E-state index in [0.29, 0.717) is 0 Å². The molecule has 80 valence electrons. The van der Waals surface area contributed by atoms with Crippen LogP contribution in [0, 0.1) is 6.92 Å². The molecule has 0 aliphatic heterocycles. The van der Waals surface area contributed by atoms with Crippen molar-refractivity contribution in [3.63, 3.8) is 0 Å². The van der Waals surface area contributed by atoms with E-state index in [1.807, 2.05) is 19.1 Å². The molecule has 3 N–H and O–H groups in total. The van der Waals surface area contributed by atoms with Crippen molar-refractivity contribution in [2.75, 3.05) is 12.0 Å². The minimum Gasteiger partial charge on any atom is -0.271 e. The van der Waals surface area contributed by atoms with Gasteiger partial charge in [0.25, 0.3) is 0 Å². The second-order valence-corrected chi connectivity index (χ2v) is 6.76. The third-order valence-corrected chi connectivity index (χ3v) is 3.83. The van der Waals surface area contributed by atoms with Crippen molar-refractivity contribution in [2.24, 2.45) is 5.84 Å². The third kappa shape index (κ3) is 3.38. The highest BCUT2D eigenvalue weighted by atomic mass is 32.2. The molecule has 1 atom stereocenters. The van der Waals surface area contributed by atoms with E-state index in [1.54, 1.807) is 11.3 Å². The van der Waals surface area contributed by atoms with Crippen molar-refractivity contribution in [1.29, 1.82) is 0 Å². The average Bonchev–Trinajstić information content (AvgIpc) is 2.46. The minimum absolute atomic E-state index is 0.0312. The molecule has 0 amide bonds. The molecular formula is C8H14N2O2S2. The Labute approximate surface area is 88.0 Å². The van der Waals surface area contributed by atoms with Crippen LogP contribution in [0.4, 0.5) is 0 Å². The molecule has 0 aliphatic rings. The molecule has 0 saturated carbocycles. The van der Waals surface area contributed by atoms with Gasteiger partial charge in [0.1, 0.15) is 9.84 Å². The molecule has 1 rings (SSSR count). The number of sulfone groups is 1. The molecule has 0 saturated heterocycles. The van der Waals surface area contributed by atoms with Crippen LogP contribution in [0.1, 0.15) is 15.8 Å². The van der Waals surface area contributed by atoms with Gasteiger partial charge < -0.3 is 0 Å².